The van der Waals surface area contributed by atoms with Crippen molar-refractivity contribution < 1.29 is 23.8 Å². The molecular formula is C29H49NO5. The number of hydrogen-bond acceptors (Lipinski definition) is 6. The van der Waals surface area contributed by atoms with Gasteiger partial charge < -0.3 is 19.1 Å². The Bertz CT molecular complexity index is 816. The number of esters is 2. The van der Waals surface area contributed by atoms with E-state index in [-0.39, 0.29) is 36.0 Å². The summed E-state index contributed by atoms with van der Waals surface area (Å²) in [5, 5.41) is 0. The van der Waals surface area contributed by atoms with Crippen LogP contribution in [0.3, 0.4) is 0 Å². The van der Waals surface area contributed by atoms with Gasteiger partial charge in [0.1, 0.15) is 25.6 Å². The number of hydrogen-bond donors (Lipinski definition) is 0. The normalized spacial score (nSPS) is 13.0. The van der Waals surface area contributed by atoms with Crippen LogP contribution in [0, 0.1) is 16.2 Å². The number of nitrogens with zero attached hydrogens (tertiary/aromatic N) is 1. The Morgan fingerprint density at radius 3 is 1.66 bits per heavy atom. The van der Waals surface area contributed by atoms with Crippen molar-refractivity contribution in [2.45, 2.75) is 80.6 Å². The van der Waals surface area contributed by atoms with Gasteiger partial charge in [0.2, 0.25) is 0 Å². The highest BCUT2D eigenvalue weighted by molar-refractivity contribution is 5.80. The molecule has 0 radical (unpaired) electrons. The molecule has 0 bridgehead atoms. The summed E-state index contributed by atoms with van der Waals surface area (Å²) in [5.74, 6) is 0.0875. The van der Waals surface area contributed by atoms with E-state index in [1.54, 1.807) is 27.7 Å². The van der Waals surface area contributed by atoms with Crippen molar-refractivity contribution >= 4 is 11.9 Å². The molecule has 0 atom stereocenters. The predicted molar refractivity (Wildman–Crippen MR) is 142 cm³/mol. The summed E-state index contributed by atoms with van der Waals surface area (Å²) in [4.78, 5) is 27.2. The third-order valence-electron chi connectivity index (χ3n) is 5.95. The minimum Gasteiger partial charge on any atom is -0.490 e. The Balaban J connectivity index is 2.53. The molecular weight excluding hydrogens is 442 g/mol. The summed E-state index contributed by atoms with van der Waals surface area (Å²) in [7, 11) is 3.84. The fourth-order valence-electron chi connectivity index (χ4n) is 4.68. The van der Waals surface area contributed by atoms with Gasteiger partial charge in [0.25, 0.3) is 0 Å². The Labute approximate surface area is 213 Å². The van der Waals surface area contributed by atoms with Crippen LogP contribution in [0.4, 0.5) is 0 Å². The largest absolute Gasteiger partial charge is 0.490 e. The molecule has 0 N–H and O–H groups in total. The Kier molecular flexibility index (Phi) is 10.8. The maximum Gasteiger partial charge on any atom is 0.311 e. The van der Waals surface area contributed by atoms with Crippen LogP contribution in [-0.2, 0) is 24.5 Å². The summed E-state index contributed by atoms with van der Waals surface area (Å²) in [6.45, 7) is 19.9. The molecule has 0 aromatic heterocycles. The van der Waals surface area contributed by atoms with Crippen molar-refractivity contribution in [2.24, 2.45) is 16.2 Å². The van der Waals surface area contributed by atoms with Crippen LogP contribution in [0.25, 0.3) is 0 Å². The lowest BCUT2D eigenvalue weighted by atomic mass is 9.72. The minimum absolute atomic E-state index is 0.0739. The second-order valence-corrected chi connectivity index (χ2v) is 13.0. The summed E-state index contributed by atoms with van der Waals surface area (Å²) in [5.41, 5.74) is -0.0311. The fraction of sp³-hybridized carbons (Fsp3) is 0.724. The van der Waals surface area contributed by atoms with Gasteiger partial charge in [-0.25, -0.2) is 0 Å². The van der Waals surface area contributed by atoms with E-state index in [2.05, 4.69) is 46.8 Å². The number of rotatable bonds is 13. The van der Waals surface area contributed by atoms with Crippen molar-refractivity contribution in [3.8, 4) is 5.75 Å². The van der Waals surface area contributed by atoms with Gasteiger partial charge >= 0.3 is 11.9 Å². The monoisotopic (exact) mass is 491 g/mol. The van der Waals surface area contributed by atoms with E-state index >= 15 is 0 Å². The zero-order valence-electron chi connectivity index (χ0n) is 24.0. The molecule has 0 amide bonds. The first-order chi connectivity index (χ1) is 15.9. The van der Waals surface area contributed by atoms with E-state index in [1.165, 1.54) is 5.56 Å². The third-order valence-corrected chi connectivity index (χ3v) is 5.95. The topological polar surface area (TPSA) is 65.1 Å². The van der Waals surface area contributed by atoms with E-state index in [0.717, 1.165) is 12.2 Å². The Morgan fingerprint density at radius 2 is 1.20 bits per heavy atom. The molecule has 1 aromatic carbocycles. The summed E-state index contributed by atoms with van der Waals surface area (Å²) < 4.78 is 16.7. The van der Waals surface area contributed by atoms with E-state index in [1.807, 2.05) is 31.1 Å². The van der Waals surface area contributed by atoms with Crippen molar-refractivity contribution in [3.63, 3.8) is 0 Å². The van der Waals surface area contributed by atoms with E-state index in [9.17, 15) is 9.59 Å². The molecule has 0 saturated heterocycles. The molecule has 35 heavy (non-hydrogen) atoms. The van der Waals surface area contributed by atoms with E-state index < -0.39 is 10.8 Å². The minimum atomic E-state index is -0.829. The van der Waals surface area contributed by atoms with Gasteiger partial charge in [0, 0.05) is 6.54 Å². The zero-order valence-corrected chi connectivity index (χ0v) is 24.0. The van der Waals surface area contributed by atoms with Crippen LogP contribution < -0.4 is 4.74 Å². The highest BCUT2D eigenvalue weighted by atomic mass is 16.6. The molecule has 0 saturated carbocycles. The van der Waals surface area contributed by atoms with Crippen LogP contribution in [0.1, 0.15) is 80.7 Å². The van der Waals surface area contributed by atoms with Gasteiger partial charge in [-0.15, -0.1) is 0 Å². The lowest BCUT2D eigenvalue weighted by Crippen LogP contribution is -2.38. The summed E-state index contributed by atoms with van der Waals surface area (Å²) in [6, 6.07) is 8.15. The molecule has 0 aliphatic heterocycles. The molecule has 0 heterocycles. The van der Waals surface area contributed by atoms with Crippen LogP contribution >= 0.6 is 0 Å². The van der Waals surface area contributed by atoms with E-state index in [4.69, 9.17) is 14.2 Å². The number of carbonyl (C=O) groups excluding carboxylic acids is 2. The van der Waals surface area contributed by atoms with Gasteiger partial charge in [0.05, 0.1) is 10.8 Å². The lowest BCUT2D eigenvalue weighted by molar-refractivity contribution is -0.162. The number of benzene rings is 1. The maximum atomic E-state index is 12.7. The van der Waals surface area contributed by atoms with Gasteiger partial charge in [-0.3, -0.25) is 9.59 Å². The average Bonchev–Trinajstić information content (AvgIpc) is 2.68. The van der Waals surface area contributed by atoms with Crippen LogP contribution in [0.2, 0.25) is 0 Å². The van der Waals surface area contributed by atoms with E-state index in [0.29, 0.717) is 19.6 Å². The average molecular weight is 492 g/mol. The molecule has 1 aromatic rings. The Morgan fingerprint density at radius 1 is 0.714 bits per heavy atom. The SMILES string of the molecule is CN(C)CCOC(=O)C(C)(C)CC(C)(C)C(=O)OCCOc1ccc(C(C)(C)CC(C)(C)C)cc1. The second-order valence-electron chi connectivity index (χ2n) is 13.0. The first kappa shape index (κ1) is 31.0. The van der Waals surface area contributed by atoms with Crippen LogP contribution in [-0.4, -0.2) is 57.3 Å². The first-order valence-corrected chi connectivity index (χ1v) is 12.6. The van der Waals surface area contributed by atoms with Gasteiger partial charge in [0.15, 0.2) is 0 Å². The molecule has 6 nitrogen and oxygen atoms in total. The molecule has 0 aliphatic rings. The number of ether oxygens (including phenoxy) is 3. The van der Waals surface area contributed by atoms with Gasteiger partial charge in [-0.2, -0.15) is 0 Å². The molecule has 0 spiro atoms. The first-order valence-electron chi connectivity index (χ1n) is 12.6. The third kappa shape index (κ3) is 11.0. The summed E-state index contributed by atoms with van der Waals surface area (Å²) >= 11 is 0. The molecule has 0 unspecified atom stereocenters. The van der Waals surface area contributed by atoms with Crippen LogP contribution in [0.5, 0.6) is 5.75 Å². The highest BCUT2D eigenvalue weighted by Crippen LogP contribution is 2.37. The summed E-state index contributed by atoms with van der Waals surface area (Å²) in [6.07, 6.45) is 1.41. The molecule has 0 fully saturated rings. The van der Waals surface area contributed by atoms with Gasteiger partial charge in [-0.05, 0) is 83.2 Å². The van der Waals surface area contributed by atoms with Crippen molar-refractivity contribution in [1.29, 1.82) is 0 Å². The maximum absolute atomic E-state index is 12.7. The molecule has 0 aliphatic carbocycles. The molecule has 1 rings (SSSR count). The predicted octanol–water partition coefficient (Wildman–Crippen LogP) is 5.87. The second kappa shape index (κ2) is 12.2. The van der Waals surface area contributed by atoms with Crippen molar-refractivity contribution in [3.05, 3.63) is 29.8 Å². The number of likely N-dealkylation sites (N-methyl/N-ethyl adjacent to an activating group) is 1. The van der Waals surface area contributed by atoms with Crippen molar-refractivity contribution in [2.75, 3.05) is 40.5 Å². The standard InChI is InChI=1S/C29H49NO5/c1-26(2,3)20-27(4,5)22-12-14-23(15-13-22)33-18-19-35-25(32)29(8,9)21-28(6,7)24(31)34-17-16-30(10)11/h12-15H,16-21H2,1-11H3. The van der Waals surface area contributed by atoms with Crippen LogP contribution in [0.15, 0.2) is 24.3 Å². The lowest BCUT2D eigenvalue weighted by Gasteiger charge is -2.33. The fourth-order valence-corrected chi connectivity index (χ4v) is 4.68. The highest BCUT2D eigenvalue weighted by Gasteiger charge is 2.41. The zero-order chi connectivity index (χ0) is 27.1. The quantitative estimate of drug-likeness (QED) is 0.254. The van der Waals surface area contributed by atoms with Crippen molar-refractivity contribution in [1.82, 2.24) is 4.90 Å². The molecule has 6 heteroatoms. The Hall–Kier alpha value is -2.08. The molecule has 200 valence electrons. The number of carbonyl (C=O) groups is 2. The van der Waals surface area contributed by atoms with Gasteiger partial charge in [-0.1, -0.05) is 46.8 Å². The smallest absolute Gasteiger partial charge is 0.311 e.